The number of hydrogen-bond donors (Lipinski definition) is 1. The molecule has 0 atom stereocenters. The van der Waals surface area contributed by atoms with E-state index in [1.54, 1.807) is 12.2 Å². The quantitative estimate of drug-likeness (QED) is 0.527. The molecule has 0 amide bonds. The number of nitrogens with one attached hydrogen (secondary N) is 1. The molecule has 8 heteroatoms. The van der Waals surface area contributed by atoms with E-state index in [0.29, 0.717) is 30.0 Å². The fourth-order valence-corrected chi connectivity index (χ4v) is 4.25. The Kier molecular flexibility index (Phi) is 8.56. The number of alkyl halides is 3. The lowest BCUT2D eigenvalue weighted by Gasteiger charge is -2.17. The molecule has 0 saturated carbocycles. The predicted molar refractivity (Wildman–Crippen MR) is 118 cm³/mol. The molecule has 0 spiro atoms. The highest BCUT2D eigenvalue weighted by atomic mass is 32.2. The molecule has 1 aliphatic rings. The Morgan fingerprint density at radius 3 is 2.58 bits per heavy atom. The number of halogens is 3. The van der Waals surface area contributed by atoms with Crippen molar-refractivity contribution in [1.29, 1.82) is 0 Å². The van der Waals surface area contributed by atoms with E-state index in [4.69, 9.17) is 4.74 Å². The van der Waals surface area contributed by atoms with Gasteiger partial charge in [-0.3, -0.25) is 4.72 Å². The molecule has 0 aromatic heterocycles. The van der Waals surface area contributed by atoms with Crippen LogP contribution in [0.4, 0.5) is 13.2 Å². The topological polar surface area (TPSA) is 55.4 Å². The molecule has 2 aromatic rings. The van der Waals surface area contributed by atoms with Gasteiger partial charge in [-0.05, 0) is 31.2 Å². The van der Waals surface area contributed by atoms with Gasteiger partial charge in [0.2, 0.25) is 10.0 Å². The second-order valence-electron chi connectivity index (χ2n) is 7.03. The minimum Gasteiger partial charge on any atom is -0.461 e. The van der Waals surface area contributed by atoms with E-state index in [1.807, 2.05) is 51.1 Å². The lowest BCUT2D eigenvalue weighted by molar-refractivity contribution is -0.134. The van der Waals surface area contributed by atoms with E-state index in [1.165, 1.54) is 0 Å². The van der Waals surface area contributed by atoms with Crippen LogP contribution in [0.25, 0.3) is 10.8 Å². The fourth-order valence-electron chi connectivity index (χ4n) is 3.12. The Balaban J connectivity index is 0.00000166. The molecule has 0 aliphatic heterocycles. The van der Waals surface area contributed by atoms with Crippen molar-refractivity contribution in [2.24, 2.45) is 0 Å². The van der Waals surface area contributed by atoms with Crippen molar-refractivity contribution in [3.8, 4) is 5.75 Å². The molecule has 0 saturated heterocycles. The summed E-state index contributed by atoms with van der Waals surface area (Å²) in [6.45, 7) is 6.01. The average molecular weight is 456 g/mol. The van der Waals surface area contributed by atoms with Gasteiger partial charge in [0.15, 0.2) is 0 Å². The molecule has 2 aromatic carbocycles. The highest BCUT2D eigenvalue weighted by Gasteiger charge is 2.27. The summed E-state index contributed by atoms with van der Waals surface area (Å²) < 4.78 is 69.2. The monoisotopic (exact) mass is 455 g/mol. The average Bonchev–Trinajstić information content (AvgIpc) is 2.68. The maximum atomic E-state index is 12.2. The maximum absolute atomic E-state index is 12.2. The number of benzene rings is 2. The Hall–Kier alpha value is -2.48. The van der Waals surface area contributed by atoms with Crippen molar-refractivity contribution in [3.63, 3.8) is 0 Å². The molecular weight excluding hydrogens is 427 g/mol. The minimum absolute atomic E-state index is 0.314. The first-order valence-electron chi connectivity index (χ1n) is 10.3. The van der Waals surface area contributed by atoms with E-state index in [0.717, 1.165) is 16.3 Å². The minimum atomic E-state index is -4.36. The van der Waals surface area contributed by atoms with Crippen molar-refractivity contribution in [3.05, 3.63) is 65.6 Å². The van der Waals surface area contributed by atoms with Crippen LogP contribution < -0.4 is 9.46 Å². The summed E-state index contributed by atoms with van der Waals surface area (Å²) in [4.78, 5) is 0. The number of sulfonamides is 1. The van der Waals surface area contributed by atoms with Crippen LogP contribution >= 0.6 is 0 Å². The zero-order valence-electron chi connectivity index (χ0n) is 17.9. The van der Waals surface area contributed by atoms with Crippen molar-refractivity contribution in [1.82, 2.24) is 4.72 Å². The molecule has 3 rings (SSSR count). The normalized spacial score (nSPS) is 14.3. The van der Waals surface area contributed by atoms with Gasteiger partial charge in [-0.15, -0.1) is 0 Å². The largest absolute Gasteiger partial charge is 0.461 e. The smallest absolute Gasteiger partial charge is 0.389 e. The van der Waals surface area contributed by atoms with Crippen LogP contribution in [-0.4, -0.2) is 20.3 Å². The van der Waals surface area contributed by atoms with Crippen LogP contribution in [0.5, 0.6) is 5.75 Å². The van der Waals surface area contributed by atoms with Gasteiger partial charge in [-0.25, -0.2) is 8.42 Å². The molecule has 1 N–H and O–H groups in total. The Morgan fingerprint density at radius 2 is 1.87 bits per heavy atom. The fraction of sp³-hybridized carbons (Fsp3) is 0.391. The van der Waals surface area contributed by atoms with Crippen molar-refractivity contribution >= 4 is 20.8 Å². The van der Waals surface area contributed by atoms with E-state index >= 15 is 0 Å². The van der Waals surface area contributed by atoms with Crippen LogP contribution in [0.15, 0.2) is 60.0 Å². The van der Waals surface area contributed by atoms with Gasteiger partial charge in [0.05, 0.1) is 5.75 Å². The number of aryl methyl sites for hydroxylation is 1. The second kappa shape index (κ2) is 10.7. The Morgan fingerprint density at radius 1 is 1.13 bits per heavy atom. The summed E-state index contributed by atoms with van der Waals surface area (Å²) in [6, 6.07) is 11.7. The zero-order valence-corrected chi connectivity index (χ0v) is 18.7. The number of hydrogen-bond acceptors (Lipinski definition) is 3. The summed E-state index contributed by atoms with van der Waals surface area (Å²) in [5, 5.41) is 1.99. The Labute approximate surface area is 181 Å². The number of allylic oxidation sites excluding steroid dienone is 3. The first-order valence-corrected chi connectivity index (χ1v) is 11.9. The standard InChI is InChI=1S/C21H22F3NO3S.C2H6/c1-15-9-10-19-16(13-15)5-2-8-20(19)28-18-7-3-6-17(14-18)25-29(26,27)12-4-11-21(22,23)24;1-2/h2,5-6,8-10,13-14,25H,3-4,7,11-12H2,1H3;1-2H3. The van der Waals surface area contributed by atoms with Gasteiger partial charge in [-0.2, -0.15) is 13.2 Å². The van der Waals surface area contributed by atoms with Gasteiger partial charge in [-0.1, -0.05) is 55.8 Å². The maximum Gasteiger partial charge on any atom is 0.389 e. The molecule has 0 radical (unpaired) electrons. The van der Waals surface area contributed by atoms with Gasteiger partial charge in [0.1, 0.15) is 11.5 Å². The van der Waals surface area contributed by atoms with Crippen molar-refractivity contribution in [2.75, 3.05) is 5.75 Å². The summed E-state index contributed by atoms with van der Waals surface area (Å²) in [5.41, 5.74) is 1.45. The lowest BCUT2D eigenvalue weighted by Crippen LogP contribution is -2.27. The zero-order chi connectivity index (χ0) is 23.1. The molecule has 0 heterocycles. The second-order valence-corrected chi connectivity index (χ2v) is 8.87. The SMILES string of the molecule is CC.Cc1ccc2c(OC3=CC(NS(=O)(=O)CCCC(F)(F)F)=CCC3)cccc2c1. The highest BCUT2D eigenvalue weighted by molar-refractivity contribution is 7.89. The molecule has 0 fully saturated rings. The number of ether oxygens (including phenoxy) is 1. The van der Waals surface area contributed by atoms with E-state index < -0.39 is 34.8 Å². The third-order valence-corrected chi connectivity index (χ3v) is 5.83. The molecule has 4 nitrogen and oxygen atoms in total. The summed E-state index contributed by atoms with van der Waals surface area (Å²) in [7, 11) is -3.86. The predicted octanol–water partition coefficient (Wildman–Crippen LogP) is 6.38. The van der Waals surface area contributed by atoms with E-state index in [9.17, 15) is 21.6 Å². The first-order chi connectivity index (χ1) is 14.6. The summed E-state index contributed by atoms with van der Waals surface area (Å²) in [6.07, 6.45) is -1.53. The Bertz CT molecular complexity index is 1060. The van der Waals surface area contributed by atoms with Gasteiger partial charge in [0, 0.05) is 30.0 Å². The highest BCUT2D eigenvalue weighted by Crippen LogP contribution is 2.30. The molecule has 31 heavy (non-hydrogen) atoms. The number of fused-ring (bicyclic) bond motifs is 1. The molecule has 1 aliphatic carbocycles. The van der Waals surface area contributed by atoms with Crippen molar-refractivity contribution < 1.29 is 26.3 Å². The molecule has 0 unspecified atom stereocenters. The summed E-state index contributed by atoms with van der Waals surface area (Å²) >= 11 is 0. The van der Waals surface area contributed by atoms with Gasteiger partial charge in [0.25, 0.3) is 0 Å². The third kappa shape index (κ3) is 7.94. The molecule has 0 bridgehead atoms. The van der Waals surface area contributed by atoms with Crippen molar-refractivity contribution in [2.45, 2.75) is 52.6 Å². The van der Waals surface area contributed by atoms with Crippen LogP contribution in [-0.2, 0) is 10.0 Å². The van der Waals surface area contributed by atoms with E-state index in [-0.39, 0.29) is 0 Å². The van der Waals surface area contributed by atoms with E-state index in [2.05, 4.69) is 10.8 Å². The summed E-state index contributed by atoms with van der Waals surface area (Å²) in [5.74, 6) is 0.674. The van der Waals surface area contributed by atoms with Gasteiger partial charge >= 0.3 is 6.18 Å². The van der Waals surface area contributed by atoms with Crippen LogP contribution in [0, 0.1) is 6.92 Å². The van der Waals surface area contributed by atoms with Crippen LogP contribution in [0.2, 0.25) is 0 Å². The third-order valence-electron chi connectivity index (χ3n) is 4.46. The molecule has 170 valence electrons. The first kappa shape index (κ1) is 24.8. The van der Waals surface area contributed by atoms with Crippen LogP contribution in [0.1, 0.15) is 45.1 Å². The van der Waals surface area contributed by atoms with Crippen LogP contribution in [0.3, 0.4) is 0 Å². The van der Waals surface area contributed by atoms with Gasteiger partial charge < -0.3 is 4.74 Å². The molecular formula is C23H28F3NO3S. The lowest BCUT2D eigenvalue weighted by atomic mass is 10.1. The number of rotatable bonds is 7.